The molecule has 2 aromatic rings. The Morgan fingerprint density at radius 2 is 2.19 bits per heavy atom. The highest BCUT2D eigenvalue weighted by atomic mass is 35.5. The average Bonchev–Trinajstić information content (AvgIpc) is 2.78. The molecule has 2 rings (SSSR count). The normalized spacial score (nSPS) is 12.3. The number of nitrogens with two attached hydrogens (primary N) is 1. The number of rotatable bonds is 4. The Bertz CT molecular complexity index is 700. The van der Waals surface area contributed by atoms with Gasteiger partial charge in [-0.25, -0.2) is 4.98 Å². The number of esters is 2. The summed E-state index contributed by atoms with van der Waals surface area (Å²) in [7, 11) is 0. The second kappa shape index (κ2) is 6.04. The molecule has 1 atom stereocenters. The standard InChI is InChI=1S/C12H14ClN5O3/c1-6(11(20)21-7(2)19)3-4-18-5-15-8-9(13)16-12(14)17-10(8)18/h5-6H,3-4H2,1-2H3,(H2,14,16,17). The van der Waals surface area contributed by atoms with Gasteiger partial charge < -0.3 is 15.0 Å². The van der Waals surface area contributed by atoms with Crippen molar-refractivity contribution in [1.29, 1.82) is 0 Å². The van der Waals surface area contributed by atoms with Gasteiger partial charge in [0.25, 0.3) is 0 Å². The summed E-state index contributed by atoms with van der Waals surface area (Å²) >= 11 is 5.93. The number of halogens is 1. The van der Waals surface area contributed by atoms with Crippen LogP contribution in [-0.2, 0) is 20.9 Å². The summed E-state index contributed by atoms with van der Waals surface area (Å²) in [4.78, 5) is 34.3. The highest BCUT2D eigenvalue weighted by Crippen LogP contribution is 2.20. The first-order valence-electron chi connectivity index (χ1n) is 6.24. The number of hydrogen-bond donors (Lipinski definition) is 1. The molecule has 21 heavy (non-hydrogen) atoms. The summed E-state index contributed by atoms with van der Waals surface area (Å²) in [6.07, 6.45) is 2.01. The van der Waals surface area contributed by atoms with Crippen LogP contribution in [0.15, 0.2) is 6.33 Å². The maximum Gasteiger partial charge on any atom is 0.316 e. The van der Waals surface area contributed by atoms with Crippen LogP contribution in [0.4, 0.5) is 5.95 Å². The molecule has 0 aromatic carbocycles. The Kier molecular flexibility index (Phi) is 4.37. The number of nitrogens with zero attached hydrogens (tertiary/aromatic N) is 4. The minimum atomic E-state index is -0.618. The lowest BCUT2D eigenvalue weighted by atomic mass is 10.1. The van der Waals surface area contributed by atoms with E-state index in [2.05, 4.69) is 19.7 Å². The molecule has 0 saturated carbocycles. The Morgan fingerprint density at radius 1 is 1.48 bits per heavy atom. The van der Waals surface area contributed by atoms with E-state index < -0.39 is 17.9 Å². The Labute approximate surface area is 125 Å². The van der Waals surface area contributed by atoms with E-state index >= 15 is 0 Å². The number of nitrogen functional groups attached to an aromatic ring is 1. The summed E-state index contributed by atoms with van der Waals surface area (Å²) in [5.74, 6) is -1.55. The molecule has 0 bridgehead atoms. The van der Waals surface area contributed by atoms with Gasteiger partial charge in [-0.2, -0.15) is 9.97 Å². The van der Waals surface area contributed by atoms with Crippen LogP contribution in [-0.4, -0.2) is 31.5 Å². The number of anilines is 1. The van der Waals surface area contributed by atoms with Gasteiger partial charge in [0.15, 0.2) is 10.8 Å². The molecule has 8 nitrogen and oxygen atoms in total. The van der Waals surface area contributed by atoms with Crippen LogP contribution in [0, 0.1) is 5.92 Å². The average molecular weight is 312 g/mol. The zero-order valence-electron chi connectivity index (χ0n) is 11.5. The van der Waals surface area contributed by atoms with E-state index in [0.717, 1.165) is 0 Å². The molecule has 0 spiro atoms. The SMILES string of the molecule is CC(=O)OC(=O)C(C)CCn1cnc2c(Cl)nc(N)nc21. The van der Waals surface area contributed by atoms with Crippen LogP contribution < -0.4 is 5.73 Å². The molecule has 1 unspecified atom stereocenters. The quantitative estimate of drug-likeness (QED) is 0.512. The number of aryl methyl sites for hydroxylation is 1. The van der Waals surface area contributed by atoms with Gasteiger partial charge in [0.2, 0.25) is 5.95 Å². The number of fused-ring (bicyclic) bond motifs is 1. The molecule has 2 heterocycles. The van der Waals surface area contributed by atoms with Crippen molar-refractivity contribution < 1.29 is 14.3 Å². The van der Waals surface area contributed by atoms with Crippen LogP contribution in [0.2, 0.25) is 5.15 Å². The molecule has 112 valence electrons. The number of ether oxygens (including phenoxy) is 1. The number of carbonyl (C=O) groups is 2. The van der Waals surface area contributed by atoms with E-state index in [1.807, 2.05) is 0 Å². The maximum atomic E-state index is 11.6. The third-order valence-electron chi connectivity index (χ3n) is 2.89. The minimum Gasteiger partial charge on any atom is -0.393 e. The van der Waals surface area contributed by atoms with E-state index in [1.54, 1.807) is 17.8 Å². The third kappa shape index (κ3) is 3.46. The fraction of sp³-hybridized carbons (Fsp3) is 0.417. The molecule has 0 fully saturated rings. The molecular weight excluding hydrogens is 298 g/mol. The fourth-order valence-electron chi connectivity index (χ4n) is 1.78. The van der Waals surface area contributed by atoms with Gasteiger partial charge >= 0.3 is 11.9 Å². The van der Waals surface area contributed by atoms with Crippen molar-refractivity contribution in [3.8, 4) is 0 Å². The third-order valence-corrected chi connectivity index (χ3v) is 3.15. The summed E-state index contributed by atoms with van der Waals surface area (Å²) in [6.45, 7) is 3.33. The van der Waals surface area contributed by atoms with Gasteiger partial charge in [-0.15, -0.1) is 0 Å². The Hall–Kier alpha value is -2.22. The van der Waals surface area contributed by atoms with Crippen LogP contribution in [0.1, 0.15) is 20.3 Å². The molecule has 0 radical (unpaired) electrons. The first kappa shape index (κ1) is 15.2. The van der Waals surface area contributed by atoms with E-state index in [9.17, 15) is 9.59 Å². The lowest BCUT2D eigenvalue weighted by Gasteiger charge is -2.10. The largest absolute Gasteiger partial charge is 0.393 e. The number of hydrogen-bond acceptors (Lipinski definition) is 7. The molecular formula is C12H14ClN5O3. The monoisotopic (exact) mass is 311 g/mol. The van der Waals surface area contributed by atoms with Crippen molar-refractivity contribution in [3.05, 3.63) is 11.5 Å². The summed E-state index contributed by atoms with van der Waals surface area (Å²) in [5.41, 5.74) is 6.50. The lowest BCUT2D eigenvalue weighted by Crippen LogP contribution is -2.19. The summed E-state index contributed by atoms with van der Waals surface area (Å²) in [6, 6.07) is 0. The molecule has 2 aromatic heterocycles. The molecule has 0 amide bonds. The molecule has 2 N–H and O–H groups in total. The minimum absolute atomic E-state index is 0.0540. The predicted molar refractivity (Wildman–Crippen MR) is 75.3 cm³/mol. The second-order valence-corrected chi connectivity index (χ2v) is 4.94. The van der Waals surface area contributed by atoms with Crippen molar-refractivity contribution in [2.75, 3.05) is 5.73 Å². The zero-order chi connectivity index (χ0) is 15.6. The van der Waals surface area contributed by atoms with Gasteiger partial charge in [-0.3, -0.25) is 9.59 Å². The molecule has 0 saturated heterocycles. The van der Waals surface area contributed by atoms with Crippen LogP contribution >= 0.6 is 11.6 Å². The number of carbonyl (C=O) groups excluding carboxylic acids is 2. The van der Waals surface area contributed by atoms with Crippen LogP contribution in [0.5, 0.6) is 0 Å². The van der Waals surface area contributed by atoms with Crippen LogP contribution in [0.3, 0.4) is 0 Å². The number of aromatic nitrogens is 4. The van der Waals surface area contributed by atoms with Crippen molar-refractivity contribution in [3.63, 3.8) is 0 Å². The Morgan fingerprint density at radius 3 is 2.86 bits per heavy atom. The van der Waals surface area contributed by atoms with Gasteiger partial charge in [-0.1, -0.05) is 18.5 Å². The van der Waals surface area contributed by atoms with Crippen LogP contribution in [0.25, 0.3) is 11.2 Å². The van der Waals surface area contributed by atoms with Crippen molar-refractivity contribution in [1.82, 2.24) is 19.5 Å². The van der Waals surface area contributed by atoms with E-state index in [0.29, 0.717) is 24.1 Å². The molecule has 0 aliphatic carbocycles. The van der Waals surface area contributed by atoms with Crippen molar-refractivity contribution >= 4 is 40.7 Å². The van der Waals surface area contributed by atoms with E-state index in [-0.39, 0.29) is 11.1 Å². The van der Waals surface area contributed by atoms with Gasteiger partial charge in [-0.05, 0) is 6.42 Å². The lowest BCUT2D eigenvalue weighted by molar-refractivity contribution is -0.160. The number of imidazole rings is 1. The zero-order valence-corrected chi connectivity index (χ0v) is 12.3. The second-order valence-electron chi connectivity index (χ2n) is 4.59. The first-order valence-corrected chi connectivity index (χ1v) is 6.62. The van der Waals surface area contributed by atoms with Crippen molar-refractivity contribution in [2.45, 2.75) is 26.8 Å². The maximum absolute atomic E-state index is 11.6. The highest BCUT2D eigenvalue weighted by Gasteiger charge is 2.17. The van der Waals surface area contributed by atoms with Gasteiger partial charge in [0.1, 0.15) is 5.52 Å². The topological polar surface area (TPSA) is 113 Å². The smallest absolute Gasteiger partial charge is 0.316 e. The predicted octanol–water partition coefficient (Wildman–Crippen LogP) is 1.18. The first-order chi connectivity index (χ1) is 9.88. The molecule has 0 aliphatic heterocycles. The van der Waals surface area contributed by atoms with Gasteiger partial charge in [0, 0.05) is 13.5 Å². The molecule has 9 heteroatoms. The van der Waals surface area contributed by atoms with Gasteiger partial charge in [0.05, 0.1) is 12.2 Å². The van der Waals surface area contributed by atoms with E-state index in [4.69, 9.17) is 17.3 Å². The Balaban J connectivity index is 2.10. The van der Waals surface area contributed by atoms with E-state index in [1.165, 1.54) is 6.92 Å². The van der Waals surface area contributed by atoms with Crippen molar-refractivity contribution in [2.24, 2.45) is 5.92 Å². The summed E-state index contributed by atoms with van der Waals surface area (Å²) < 4.78 is 6.26. The fourth-order valence-corrected chi connectivity index (χ4v) is 2.00. The molecule has 0 aliphatic rings. The highest BCUT2D eigenvalue weighted by molar-refractivity contribution is 6.33. The summed E-state index contributed by atoms with van der Waals surface area (Å²) in [5, 5.41) is 0.181.